The summed E-state index contributed by atoms with van der Waals surface area (Å²) in [5, 5.41) is 16.0. The molecular weight excluding hydrogens is 228 g/mol. The van der Waals surface area contributed by atoms with Crippen molar-refractivity contribution in [3.8, 4) is 0 Å². The molecule has 1 saturated heterocycles. The van der Waals surface area contributed by atoms with Crippen molar-refractivity contribution < 1.29 is 9.90 Å². The van der Waals surface area contributed by atoms with Crippen molar-refractivity contribution in [1.29, 1.82) is 0 Å². The van der Waals surface area contributed by atoms with Gasteiger partial charge < -0.3 is 15.7 Å². The van der Waals surface area contributed by atoms with E-state index >= 15 is 0 Å². The summed E-state index contributed by atoms with van der Waals surface area (Å²) in [6, 6.07) is 9.40. The van der Waals surface area contributed by atoms with Gasteiger partial charge in [0.15, 0.2) is 0 Å². The Balaban J connectivity index is 2.01. The summed E-state index contributed by atoms with van der Waals surface area (Å²) in [4.78, 5) is 11.4. The van der Waals surface area contributed by atoms with Crippen molar-refractivity contribution in [2.75, 3.05) is 19.6 Å². The highest BCUT2D eigenvalue weighted by Gasteiger charge is 2.30. The van der Waals surface area contributed by atoms with Crippen LogP contribution in [0.1, 0.15) is 24.8 Å². The molecule has 1 aromatic carbocycles. The van der Waals surface area contributed by atoms with Crippen molar-refractivity contribution in [1.82, 2.24) is 10.6 Å². The van der Waals surface area contributed by atoms with E-state index < -0.39 is 11.9 Å². The van der Waals surface area contributed by atoms with Crippen LogP contribution in [0.15, 0.2) is 30.3 Å². The number of nitrogens with one attached hydrogen (secondary N) is 2. The summed E-state index contributed by atoms with van der Waals surface area (Å²) in [5.74, 6) is -1.26. The average molecular weight is 248 g/mol. The molecule has 98 valence electrons. The lowest BCUT2D eigenvalue weighted by molar-refractivity contribution is -0.138. The van der Waals surface area contributed by atoms with Gasteiger partial charge in [-0.2, -0.15) is 0 Å². The molecule has 2 unspecified atom stereocenters. The quantitative estimate of drug-likeness (QED) is 0.732. The molecule has 1 aromatic rings. The maximum Gasteiger partial charge on any atom is 0.312 e. The molecule has 4 heteroatoms. The van der Waals surface area contributed by atoms with Gasteiger partial charge in [0, 0.05) is 18.6 Å². The third-order valence-electron chi connectivity index (χ3n) is 3.60. The van der Waals surface area contributed by atoms with E-state index in [4.69, 9.17) is 0 Å². The fraction of sp³-hybridized carbons (Fsp3) is 0.500. The predicted molar refractivity (Wildman–Crippen MR) is 70.7 cm³/mol. The summed E-state index contributed by atoms with van der Waals surface area (Å²) < 4.78 is 0. The van der Waals surface area contributed by atoms with Gasteiger partial charge in [-0.3, -0.25) is 4.79 Å². The lowest BCUT2D eigenvalue weighted by atomic mass is 9.96. The van der Waals surface area contributed by atoms with Gasteiger partial charge in [-0.15, -0.1) is 0 Å². The highest BCUT2D eigenvalue weighted by molar-refractivity contribution is 5.76. The molecule has 0 saturated carbocycles. The maximum atomic E-state index is 11.4. The van der Waals surface area contributed by atoms with E-state index in [1.807, 2.05) is 30.3 Å². The molecule has 1 fully saturated rings. The third-order valence-corrected chi connectivity index (χ3v) is 3.60. The van der Waals surface area contributed by atoms with Crippen molar-refractivity contribution in [2.24, 2.45) is 0 Å². The first-order valence-corrected chi connectivity index (χ1v) is 6.34. The molecule has 2 atom stereocenters. The molecule has 0 aliphatic carbocycles. The molecule has 18 heavy (non-hydrogen) atoms. The van der Waals surface area contributed by atoms with E-state index in [-0.39, 0.29) is 5.54 Å². The van der Waals surface area contributed by atoms with Crippen LogP contribution in [0.25, 0.3) is 0 Å². The van der Waals surface area contributed by atoms with Gasteiger partial charge >= 0.3 is 5.97 Å². The Bertz CT molecular complexity index is 400. The number of rotatable bonds is 5. The van der Waals surface area contributed by atoms with Crippen LogP contribution in [-0.2, 0) is 4.79 Å². The summed E-state index contributed by atoms with van der Waals surface area (Å²) in [6.07, 6.45) is 1.04. The molecule has 0 aromatic heterocycles. The molecule has 4 nitrogen and oxygen atoms in total. The molecule has 0 bridgehead atoms. The number of hydrogen-bond donors (Lipinski definition) is 3. The largest absolute Gasteiger partial charge is 0.481 e. The Morgan fingerprint density at radius 2 is 2.22 bits per heavy atom. The zero-order valence-electron chi connectivity index (χ0n) is 10.6. The topological polar surface area (TPSA) is 61.4 Å². The zero-order valence-corrected chi connectivity index (χ0v) is 10.6. The monoisotopic (exact) mass is 248 g/mol. The minimum absolute atomic E-state index is 0.0163. The molecule has 2 rings (SSSR count). The van der Waals surface area contributed by atoms with Gasteiger partial charge in [-0.1, -0.05) is 30.3 Å². The minimum atomic E-state index is -0.775. The van der Waals surface area contributed by atoms with Crippen molar-refractivity contribution >= 4 is 5.97 Å². The van der Waals surface area contributed by atoms with Crippen LogP contribution in [0.4, 0.5) is 0 Å². The molecule has 1 heterocycles. The number of hydrogen-bond acceptors (Lipinski definition) is 3. The lowest BCUT2D eigenvalue weighted by Crippen LogP contribution is -2.46. The highest BCUT2D eigenvalue weighted by atomic mass is 16.4. The number of carboxylic acids is 1. The normalized spacial score (nSPS) is 24.9. The average Bonchev–Trinajstić information content (AvgIpc) is 2.78. The van der Waals surface area contributed by atoms with Gasteiger partial charge in [-0.05, 0) is 25.5 Å². The highest BCUT2D eigenvalue weighted by Crippen LogP contribution is 2.18. The summed E-state index contributed by atoms with van der Waals surface area (Å²) in [7, 11) is 0. The van der Waals surface area contributed by atoms with Crippen LogP contribution >= 0.6 is 0 Å². The van der Waals surface area contributed by atoms with Crippen LogP contribution in [-0.4, -0.2) is 36.2 Å². The predicted octanol–water partition coefficient (Wildman–Crippen LogP) is 1.20. The molecular formula is C14H20N2O2. The van der Waals surface area contributed by atoms with E-state index in [0.717, 1.165) is 25.1 Å². The summed E-state index contributed by atoms with van der Waals surface area (Å²) >= 11 is 0. The molecule has 0 spiro atoms. The number of carboxylic acid groups (broad SMARTS) is 1. The number of benzene rings is 1. The SMILES string of the molecule is CC1(NCC(C(=O)O)c2ccccc2)CCNC1. The van der Waals surface area contributed by atoms with Gasteiger partial charge in [0.1, 0.15) is 0 Å². The van der Waals surface area contributed by atoms with Crippen LogP contribution < -0.4 is 10.6 Å². The molecule has 1 aliphatic rings. The van der Waals surface area contributed by atoms with E-state index in [0.29, 0.717) is 6.54 Å². The number of aliphatic carboxylic acids is 1. The van der Waals surface area contributed by atoms with E-state index in [2.05, 4.69) is 17.6 Å². The van der Waals surface area contributed by atoms with Crippen molar-refractivity contribution in [3.63, 3.8) is 0 Å². The first-order valence-electron chi connectivity index (χ1n) is 6.34. The maximum absolute atomic E-state index is 11.4. The Kier molecular flexibility index (Phi) is 3.99. The van der Waals surface area contributed by atoms with Crippen LogP contribution in [0.2, 0.25) is 0 Å². The second-order valence-electron chi connectivity index (χ2n) is 5.17. The zero-order chi connectivity index (χ0) is 13.0. The van der Waals surface area contributed by atoms with Gasteiger partial charge in [-0.25, -0.2) is 0 Å². The first kappa shape index (κ1) is 13.1. The standard InChI is InChI=1S/C14H20N2O2/c1-14(7-8-15-10-14)16-9-12(13(17)18)11-5-3-2-4-6-11/h2-6,12,15-16H,7-10H2,1H3,(H,17,18). The van der Waals surface area contributed by atoms with Gasteiger partial charge in [0.2, 0.25) is 0 Å². The fourth-order valence-corrected chi connectivity index (χ4v) is 2.35. The number of carbonyl (C=O) groups is 1. The molecule has 3 N–H and O–H groups in total. The van der Waals surface area contributed by atoms with Crippen LogP contribution in [0.5, 0.6) is 0 Å². The Morgan fingerprint density at radius 3 is 2.78 bits per heavy atom. The van der Waals surface area contributed by atoms with Crippen LogP contribution in [0.3, 0.4) is 0 Å². The van der Waals surface area contributed by atoms with E-state index in [9.17, 15) is 9.90 Å². The second-order valence-corrected chi connectivity index (χ2v) is 5.17. The summed E-state index contributed by atoms with van der Waals surface area (Å²) in [5.41, 5.74) is 0.870. The fourth-order valence-electron chi connectivity index (χ4n) is 2.35. The molecule has 1 aliphatic heterocycles. The molecule has 0 amide bonds. The van der Waals surface area contributed by atoms with Crippen molar-refractivity contribution in [3.05, 3.63) is 35.9 Å². The van der Waals surface area contributed by atoms with E-state index in [1.165, 1.54) is 0 Å². The lowest BCUT2D eigenvalue weighted by Gasteiger charge is -2.26. The smallest absolute Gasteiger partial charge is 0.312 e. The Hall–Kier alpha value is -1.39. The van der Waals surface area contributed by atoms with Crippen LogP contribution in [0, 0.1) is 0 Å². The first-order chi connectivity index (χ1) is 8.61. The second kappa shape index (κ2) is 5.50. The van der Waals surface area contributed by atoms with Crippen molar-refractivity contribution in [2.45, 2.75) is 24.8 Å². The Labute approximate surface area is 107 Å². The third kappa shape index (κ3) is 3.09. The molecule has 0 radical (unpaired) electrons. The Morgan fingerprint density at radius 1 is 1.50 bits per heavy atom. The van der Waals surface area contributed by atoms with Gasteiger partial charge in [0.05, 0.1) is 5.92 Å². The summed E-state index contributed by atoms with van der Waals surface area (Å²) in [6.45, 7) is 4.50. The van der Waals surface area contributed by atoms with Gasteiger partial charge in [0.25, 0.3) is 0 Å². The van der Waals surface area contributed by atoms with E-state index in [1.54, 1.807) is 0 Å². The minimum Gasteiger partial charge on any atom is -0.481 e.